The first kappa shape index (κ1) is 22.0. The van der Waals surface area contributed by atoms with E-state index in [0.29, 0.717) is 31.7 Å². The van der Waals surface area contributed by atoms with Gasteiger partial charge in [0.15, 0.2) is 0 Å². The van der Waals surface area contributed by atoms with Crippen molar-refractivity contribution < 1.29 is 14.3 Å². The number of carbonyl (C=O) groups excluding carboxylic acids is 2. The Morgan fingerprint density at radius 3 is 2.78 bits per heavy atom. The summed E-state index contributed by atoms with van der Waals surface area (Å²) in [5.41, 5.74) is 4.60. The molecule has 2 amide bonds. The Bertz CT molecular complexity index is 1090. The molecule has 6 nitrogen and oxygen atoms in total. The summed E-state index contributed by atoms with van der Waals surface area (Å²) in [4.78, 5) is 32.5. The highest BCUT2D eigenvalue weighted by molar-refractivity contribution is 7.10. The Balaban J connectivity index is 1.29. The summed E-state index contributed by atoms with van der Waals surface area (Å²) < 4.78 is 5.97. The van der Waals surface area contributed by atoms with E-state index in [1.807, 2.05) is 43.0 Å². The highest BCUT2D eigenvalue weighted by Crippen LogP contribution is 2.26. The van der Waals surface area contributed by atoms with Crippen LogP contribution in [0.5, 0.6) is 5.75 Å². The maximum absolute atomic E-state index is 12.6. The molecule has 3 aromatic rings. The van der Waals surface area contributed by atoms with Crippen molar-refractivity contribution in [1.29, 1.82) is 0 Å². The van der Waals surface area contributed by atoms with E-state index in [1.165, 1.54) is 10.4 Å². The summed E-state index contributed by atoms with van der Waals surface area (Å²) in [6, 6.07) is 9.58. The fourth-order valence-corrected chi connectivity index (χ4v) is 4.84. The van der Waals surface area contributed by atoms with Crippen molar-refractivity contribution in [3.05, 3.63) is 80.8 Å². The number of aryl methyl sites for hydroxylation is 2. The number of hydrogen-bond acceptors (Lipinski definition) is 5. The van der Waals surface area contributed by atoms with Gasteiger partial charge in [-0.15, -0.1) is 11.3 Å². The van der Waals surface area contributed by atoms with Crippen molar-refractivity contribution in [3.8, 4) is 5.75 Å². The van der Waals surface area contributed by atoms with Gasteiger partial charge in [0.1, 0.15) is 12.4 Å². The molecule has 1 aliphatic rings. The number of pyridine rings is 1. The minimum Gasteiger partial charge on any atom is -0.488 e. The Morgan fingerprint density at radius 2 is 2.03 bits per heavy atom. The largest absolute Gasteiger partial charge is 0.488 e. The number of amides is 2. The van der Waals surface area contributed by atoms with Crippen molar-refractivity contribution in [3.63, 3.8) is 0 Å². The van der Waals surface area contributed by atoms with Crippen LogP contribution in [-0.2, 0) is 24.4 Å². The summed E-state index contributed by atoms with van der Waals surface area (Å²) >= 11 is 1.76. The zero-order valence-electron chi connectivity index (χ0n) is 18.4. The van der Waals surface area contributed by atoms with Crippen molar-refractivity contribution in [2.24, 2.45) is 0 Å². The van der Waals surface area contributed by atoms with Gasteiger partial charge in [-0.25, -0.2) is 0 Å². The van der Waals surface area contributed by atoms with Gasteiger partial charge in [-0.1, -0.05) is 6.07 Å². The molecule has 32 heavy (non-hydrogen) atoms. The van der Waals surface area contributed by atoms with Gasteiger partial charge in [0.25, 0.3) is 5.91 Å². The third kappa shape index (κ3) is 5.16. The number of nitrogens with zero attached hydrogens (tertiary/aromatic N) is 2. The number of hydrogen-bond donors (Lipinski definition) is 1. The van der Waals surface area contributed by atoms with E-state index in [2.05, 4.69) is 21.7 Å². The second-order valence-corrected chi connectivity index (χ2v) is 9.03. The molecule has 1 aromatic carbocycles. The van der Waals surface area contributed by atoms with E-state index in [4.69, 9.17) is 4.74 Å². The van der Waals surface area contributed by atoms with E-state index in [-0.39, 0.29) is 11.8 Å². The smallest absolute Gasteiger partial charge is 0.251 e. The lowest BCUT2D eigenvalue weighted by atomic mass is 10.0. The van der Waals surface area contributed by atoms with Gasteiger partial charge in [0.2, 0.25) is 5.91 Å². The number of benzene rings is 1. The van der Waals surface area contributed by atoms with Crippen LogP contribution in [0.25, 0.3) is 0 Å². The van der Waals surface area contributed by atoms with Gasteiger partial charge in [-0.05, 0) is 66.6 Å². The molecule has 2 aromatic heterocycles. The molecule has 4 rings (SSSR count). The van der Waals surface area contributed by atoms with Crippen LogP contribution in [0.2, 0.25) is 0 Å². The van der Waals surface area contributed by atoms with Crippen LogP contribution in [0.4, 0.5) is 0 Å². The molecule has 0 saturated carbocycles. The summed E-state index contributed by atoms with van der Waals surface area (Å²) in [5, 5.41) is 4.96. The standard InChI is InChI=1S/C25H27N3O3S/c1-17-12-21(13-18(2)24(17)31-16-19-4-3-8-26-14-19)25(30)27-9-5-23(29)28-10-6-22-20(15-28)7-11-32-22/h3-4,7-8,11-14H,5-6,9-10,15-16H2,1-2H3,(H,27,30). The Kier molecular flexibility index (Phi) is 6.85. The quantitative estimate of drug-likeness (QED) is 0.591. The maximum Gasteiger partial charge on any atom is 0.251 e. The molecule has 0 spiro atoms. The molecular weight excluding hydrogens is 422 g/mol. The first-order chi connectivity index (χ1) is 15.5. The summed E-state index contributed by atoms with van der Waals surface area (Å²) in [6.07, 6.45) is 4.72. The zero-order chi connectivity index (χ0) is 22.5. The molecule has 0 atom stereocenters. The number of thiophene rings is 1. The Labute approximate surface area is 192 Å². The predicted octanol–water partition coefficient (Wildman–Crippen LogP) is 4.04. The SMILES string of the molecule is Cc1cc(C(=O)NCCC(=O)N2CCc3sccc3C2)cc(C)c1OCc1cccnc1. The number of nitrogens with one attached hydrogen (secondary N) is 1. The van der Waals surface area contributed by atoms with Crippen LogP contribution in [0.3, 0.4) is 0 Å². The third-order valence-corrected chi connectivity index (χ3v) is 6.64. The molecule has 0 radical (unpaired) electrons. The summed E-state index contributed by atoms with van der Waals surface area (Å²) in [7, 11) is 0. The van der Waals surface area contributed by atoms with E-state index >= 15 is 0 Å². The molecule has 3 heterocycles. The molecule has 0 bridgehead atoms. The van der Waals surface area contributed by atoms with Crippen molar-refractivity contribution >= 4 is 23.2 Å². The molecular formula is C25H27N3O3S. The van der Waals surface area contributed by atoms with Crippen LogP contribution < -0.4 is 10.1 Å². The molecule has 7 heteroatoms. The Hall–Kier alpha value is -3.19. The van der Waals surface area contributed by atoms with Gasteiger partial charge in [0.05, 0.1) is 0 Å². The van der Waals surface area contributed by atoms with Crippen LogP contribution in [0.1, 0.15) is 43.9 Å². The third-order valence-electron chi connectivity index (χ3n) is 5.61. The molecule has 0 unspecified atom stereocenters. The molecule has 0 fully saturated rings. The average molecular weight is 450 g/mol. The number of rotatable bonds is 7. The van der Waals surface area contributed by atoms with Crippen LogP contribution in [0.15, 0.2) is 48.1 Å². The van der Waals surface area contributed by atoms with Gasteiger partial charge in [0, 0.05) is 54.5 Å². The molecule has 1 N–H and O–H groups in total. The second-order valence-electron chi connectivity index (χ2n) is 8.03. The maximum atomic E-state index is 12.6. The monoisotopic (exact) mass is 449 g/mol. The molecule has 0 saturated heterocycles. The van der Waals surface area contributed by atoms with Crippen molar-refractivity contribution in [2.45, 2.75) is 39.8 Å². The van der Waals surface area contributed by atoms with E-state index in [0.717, 1.165) is 35.4 Å². The number of carbonyl (C=O) groups is 2. The van der Waals surface area contributed by atoms with Crippen LogP contribution in [0, 0.1) is 13.8 Å². The molecule has 0 aliphatic carbocycles. The minimum absolute atomic E-state index is 0.0775. The van der Waals surface area contributed by atoms with Crippen LogP contribution >= 0.6 is 11.3 Å². The zero-order valence-corrected chi connectivity index (χ0v) is 19.2. The Morgan fingerprint density at radius 1 is 1.22 bits per heavy atom. The fourth-order valence-electron chi connectivity index (χ4n) is 3.95. The molecule has 1 aliphatic heterocycles. The fraction of sp³-hybridized carbons (Fsp3) is 0.320. The first-order valence-electron chi connectivity index (χ1n) is 10.8. The summed E-state index contributed by atoms with van der Waals surface area (Å²) in [6.45, 7) is 6.03. The van der Waals surface area contributed by atoms with Gasteiger partial charge < -0.3 is 15.0 Å². The predicted molar refractivity (Wildman–Crippen MR) is 125 cm³/mol. The highest BCUT2D eigenvalue weighted by Gasteiger charge is 2.21. The second kappa shape index (κ2) is 9.96. The van der Waals surface area contributed by atoms with Gasteiger partial charge in [-0.2, -0.15) is 0 Å². The van der Waals surface area contributed by atoms with Gasteiger partial charge in [-0.3, -0.25) is 14.6 Å². The van der Waals surface area contributed by atoms with Crippen LogP contribution in [-0.4, -0.2) is 34.8 Å². The lowest BCUT2D eigenvalue weighted by Gasteiger charge is -2.27. The molecule has 166 valence electrons. The topological polar surface area (TPSA) is 71.5 Å². The lowest BCUT2D eigenvalue weighted by Crippen LogP contribution is -2.37. The number of aromatic nitrogens is 1. The first-order valence-corrected chi connectivity index (χ1v) is 11.6. The number of ether oxygens (including phenoxy) is 1. The van der Waals surface area contributed by atoms with Gasteiger partial charge >= 0.3 is 0 Å². The van der Waals surface area contributed by atoms with Crippen molar-refractivity contribution in [1.82, 2.24) is 15.2 Å². The van der Waals surface area contributed by atoms with E-state index < -0.39 is 0 Å². The normalized spacial score (nSPS) is 12.9. The summed E-state index contributed by atoms with van der Waals surface area (Å²) in [5.74, 6) is 0.675. The van der Waals surface area contributed by atoms with Crippen molar-refractivity contribution in [2.75, 3.05) is 13.1 Å². The van der Waals surface area contributed by atoms with E-state index in [9.17, 15) is 9.59 Å². The lowest BCUT2D eigenvalue weighted by molar-refractivity contribution is -0.131. The minimum atomic E-state index is -0.179. The average Bonchev–Trinajstić information content (AvgIpc) is 3.27. The highest BCUT2D eigenvalue weighted by atomic mass is 32.1. The number of fused-ring (bicyclic) bond motifs is 1. The van der Waals surface area contributed by atoms with E-state index in [1.54, 1.807) is 23.7 Å².